The number of pyridine rings is 1. The summed E-state index contributed by atoms with van der Waals surface area (Å²) in [6, 6.07) is 17.8. The second kappa shape index (κ2) is 5.80. The normalized spacial score (nSPS) is 11.3. The number of nitrogens with zero attached hydrogens (tertiary/aromatic N) is 1. The Hall–Kier alpha value is -2.61. The molecule has 0 saturated carbocycles. The van der Waals surface area contributed by atoms with Crippen LogP contribution in [0.25, 0.3) is 23.1 Å². The van der Waals surface area contributed by atoms with Crippen LogP contribution in [-0.2, 0) is 6.54 Å². The minimum Gasteiger partial charge on any atom is -0.508 e. The van der Waals surface area contributed by atoms with Crippen molar-refractivity contribution in [2.75, 3.05) is 0 Å². The third-order valence-corrected chi connectivity index (χ3v) is 3.65. The van der Waals surface area contributed by atoms with E-state index in [0.29, 0.717) is 5.75 Å². The van der Waals surface area contributed by atoms with Crippen molar-refractivity contribution in [3.05, 3.63) is 71.9 Å². The first-order valence-corrected chi connectivity index (χ1v) is 7.16. The number of hydrogen-bond acceptors (Lipinski definition) is 1. The molecule has 1 N–H and O–H groups in total. The maximum absolute atomic E-state index is 9.31. The molecular weight excluding hydrogens is 258 g/mol. The average Bonchev–Trinajstić information content (AvgIpc) is 2.54. The Kier molecular flexibility index (Phi) is 3.69. The van der Waals surface area contributed by atoms with E-state index in [1.54, 1.807) is 12.1 Å². The van der Waals surface area contributed by atoms with Crippen molar-refractivity contribution < 1.29 is 9.67 Å². The quantitative estimate of drug-likeness (QED) is 0.718. The maximum atomic E-state index is 9.31. The molecule has 0 unspecified atom stereocenters. The number of hydrogen-bond donors (Lipinski definition) is 1. The fourth-order valence-corrected chi connectivity index (χ4v) is 2.50. The summed E-state index contributed by atoms with van der Waals surface area (Å²) >= 11 is 0. The summed E-state index contributed by atoms with van der Waals surface area (Å²) in [4.78, 5) is 0. The number of phenolic OH excluding ortho intramolecular Hbond substituents is 1. The number of para-hydroxylation sites is 1. The van der Waals surface area contributed by atoms with Gasteiger partial charge in [0.25, 0.3) is 0 Å². The van der Waals surface area contributed by atoms with Crippen molar-refractivity contribution in [1.29, 1.82) is 0 Å². The van der Waals surface area contributed by atoms with Gasteiger partial charge in [0.1, 0.15) is 12.3 Å². The van der Waals surface area contributed by atoms with Crippen LogP contribution in [0.1, 0.15) is 18.1 Å². The van der Waals surface area contributed by atoms with Gasteiger partial charge in [-0.2, -0.15) is 4.57 Å². The molecule has 0 bridgehead atoms. The molecule has 2 aromatic carbocycles. The van der Waals surface area contributed by atoms with Crippen molar-refractivity contribution >= 4 is 23.1 Å². The Bertz CT molecular complexity index is 788. The number of phenols is 1. The van der Waals surface area contributed by atoms with Gasteiger partial charge in [0.15, 0.2) is 6.20 Å². The monoisotopic (exact) mass is 276 g/mol. The van der Waals surface area contributed by atoms with Crippen molar-refractivity contribution in [3.8, 4) is 5.75 Å². The number of benzene rings is 2. The van der Waals surface area contributed by atoms with Gasteiger partial charge in [-0.15, -0.1) is 0 Å². The molecule has 104 valence electrons. The molecule has 0 aliphatic heterocycles. The topological polar surface area (TPSA) is 24.1 Å². The van der Waals surface area contributed by atoms with Crippen LogP contribution in [0.2, 0.25) is 0 Å². The van der Waals surface area contributed by atoms with E-state index in [0.717, 1.165) is 12.1 Å². The second-order valence-corrected chi connectivity index (χ2v) is 5.00. The van der Waals surface area contributed by atoms with Crippen molar-refractivity contribution in [2.45, 2.75) is 13.5 Å². The molecular formula is C19H18NO+. The fourth-order valence-electron chi connectivity index (χ4n) is 2.50. The number of aromatic nitrogens is 1. The van der Waals surface area contributed by atoms with Crippen molar-refractivity contribution in [1.82, 2.24) is 0 Å². The number of fused-ring (bicyclic) bond motifs is 1. The predicted molar refractivity (Wildman–Crippen MR) is 86.9 cm³/mol. The lowest BCUT2D eigenvalue weighted by atomic mass is 10.1. The lowest BCUT2D eigenvalue weighted by Crippen LogP contribution is -2.32. The van der Waals surface area contributed by atoms with E-state index in [4.69, 9.17) is 0 Å². The molecule has 0 aliphatic rings. The highest BCUT2D eigenvalue weighted by molar-refractivity contribution is 5.88. The Morgan fingerprint density at radius 3 is 2.48 bits per heavy atom. The fraction of sp³-hybridized carbons (Fsp3) is 0.105. The molecule has 1 heterocycles. The van der Waals surface area contributed by atoms with E-state index >= 15 is 0 Å². The van der Waals surface area contributed by atoms with Gasteiger partial charge < -0.3 is 5.11 Å². The molecule has 0 amide bonds. The Balaban J connectivity index is 2.03. The maximum Gasteiger partial charge on any atom is 0.213 e. The van der Waals surface area contributed by atoms with Crippen LogP contribution in [-0.4, -0.2) is 5.11 Å². The molecule has 0 aliphatic carbocycles. The molecule has 0 atom stereocenters. The molecule has 2 heteroatoms. The van der Waals surface area contributed by atoms with Gasteiger partial charge in [-0.3, -0.25) is 0 Å². The van der Waals surface area contributed by atoms with Crippen LogP contribution in [0.15, 0.2) is 60.8 Å². The summed E-state index contributed by atoms with van der Waals surface area (Å²) in [6.07, 6.45) is 6.31. The SMILES string of the molecule is CC[n+]1ccc(C=Cc2ccc(O)cc2)c2ccccc21. The molecule has 0 spiro atoms. The first-order chi connectivity index (χ1) is 10.3. The van der Waals surface area contributed by atoms with Gasteiger partial charge in [-0.1, -0.05) is 36.4 Å². The number of aryl methyl sites for hydroxylation is 1. The molecule has 0 radical (unpaired) electrons. The van der Waals surface area contributed by atoms with Crippen LogP contribution in [0, 0.1) is 0 Å². The van der Waals surface area contributed by atoms with Gasteiger partial charge >= 0.3 is 0 Å². The Morgan fingerprint density at radius 1 is 0.952 bits per heavy atom. The highest BCUT2D eigenvalue weighted by atomic mass is 16.3. The molecule has 0 fully saturated rings. The summed E-state index contributed by atoms with van der Waals surface area (Å²) in [7, 11) is 0. The van der Waals surface area contributed by atoms with Crippen LogP contribution >= 0.6 is 0 Å². The summed E-state index contributed by atoms with van der Waals surface area (Å²) in [5.41, 5.74) is 3.51. The average molecular weight is 276 g/mol. The zero-order chi connectivity index (χ0) is 14.7. The van der Waals surface area contributed by atoms with Gasteiger partial charge in [0.2, 0.25) is 5.52 Å². The second-order valence-electron chi connectivity index (χ2n) is 5.00. The van der Waals surface area contributed by atoms with E-state index in [2.05, 4.69) is 60.2 Å². The smallest absolute Gasteiger partial charge is 0.213 e. The minimum absolute atomic E-state index is 0.293. The molecule has 3 aromatic rings. The molecule has 3 rings (SSSR count). The Morgan fingerprint density at radius 2 is 1.71 bits per heavy atom. The van der Waals surface area contributed by atoms with E-state index in [1.165, 1.54) is 16.5 Å². The zero-order valence-corrected chi connectivity index (χ0v) is 12.0. The largest absolute Gasteiger partial charge is 0.508 e. The number of aromatic hydroxyl groups is 1. The third-order valence-electron chi connectivity index (χ3n) is 3.65. The summed E-state index contributed by atoms with van der Waals surface area (Å²) < 4.78 is 2.24. The first kappa shape index (κ1) is 13.4. The molecule has 2 nitrogen and oxygen atoms in total. The van der Waals surface area contributed by atoms with Crippen LogP contribution in [0.4, 0.5) is 0 Å². The third kappa shape index (κ3) is 2.79. The van der Waals surface area contributed by atoms with E-state index in [-0.39, 0.29) is 0 Å². The van der Waals surface area contributed by atoms with Gasteiger partial charge in [-0.25, -0.2) is 0 Å². The van der Waals surface area contributed by atoms with E-state index < -0.39 is 0 Å². The van der Waals surface area contributed by atoms with E-state index in [1.807, 2.05) is 12.1 Å². The van der Waals surface area contributed by atoms with Gasteiger partial charge in [-0.05, 0) is 36.2 Å². The first-order valence-electron chi connectivity index (χ1n) is 7.16. The van der Waals surface area contributed by atoms with Crippen LogP contribution < -0.4 is 4.57 Å². The standard InChI is InChI=1S/C19H17NO/c1-2-20-14-13-16(18-5-3-4-6-19(18)20)10-7-15-8-11-17(21)12-9-15/h3-14H,2H2,1H3/p+1. The van der Waals surface area contributed by atoms with E-state index in [9.17, 15) is 5.11 Å². The van der Waals surface area contributed by atoms with Gasteiger partial charge in [0.05, 0.1) is 5.39 Å². The summed E-state index contributed by atoms with van der Waals surface area (Å²) in [5.74, 6) is 0.293. The highest BCUT2D eigenvalue weighted by Crippen LogP contribution is 2.18. The predicted octanol–water partition coefficient (Wildman–Crippen LogP) is 4.02. The van der Waals surface area contributed by atoms with Crippen molar-refractivity contribution in [3.63, 3.8) is 0 Å². The minimum atomic E-state index is 0.293. The molecule has 1 aromatic heterocycles. The number of rotatable bonds is 3. The van der Waals surface area contributed by atoms with Crippen LogP contribution in [0.3, 0.4) is 0 Å². The van der Waals surface area contributed by atoms with Crippen molar-refractivity contribution in [2.24, 2.45) is 0 Å². The Labute approximate surface area is 124 Å². The molecule has 0 saturated heterocycles. The molecule has 21 heavy (non-hydrogen) atoms. The summed E-state index contributed by atoms with van der Waals surface area (Å²) in [6.45, 7) is 3.11. The zero-order valence-electron chi connectivity index (χ0n) is 12.0. The van der Waals surface area contributed by atoms with Gasteiger partial charge in [0, 0.05) is 12.1 Å². The highest BCUT2D eigenvalue weighted by Gasteiger charge is 2.08. The van der Waals surface area contributed by atoms with Crippen LogP contribution in [0.5, 0.6) is 5.75 Å². The summed E-state index contributed by atoms with van der Waals surface area (Å²) in [5, 5.41) is 10.6. The lowest BCUT2D eigenvalue weighted by Gasteiger charge is -2.02. The lowest BCUT2D eigenvalue weighted by molar-refractivity contribution is -0.667.